The molecule has 2 aliphatic rings. The van der Waals surface area contributed by atoms with E-state index < -0.39 is 6.09 Å². The second-order valence-electron chi connectivity index (χ2n) is 4.16. The molecular formula is C9H16N2O2. The fourth-order valence-corrected chi connectivity index (χ4v) is 2.74. The number of hydrogen-bond donors (Lipinski definition) is 2. The van der Waals surface area contributed by atoms with E-state index in [1.165, 1.54) is 0 Å². The van der Waals surface area contributed by atoms with Gasteiger partial charge in [0.05, 0.1) is 0 Å². The molecule has 1 unspecified atom stereocenters. The zero-order chi connectivity index (χ0) is 9.42. The SMILES string of the molecule is N[C@H]1CC2CCC[C@@H](C1)N2C(=O)O. The van der Waals surface area contributed by atoms with Gasteiger partial charge < -0.3 is 15.7 Å². The Kier molecular flexibility index (Phi) is 2.15. The van der Waals surface area contributed by atoms with Crippen LogP contribution in [0.4, 0.5) is 4.79 Å². The summed E-state index contributed by atoms with van der Waals surface area (Å²) in [4.78, 5) is 12.6. The Labute approximate surface area is 77.7 Å². The summed E-state index contributed by atoms with van der Waals surface area (Å²) >= 11 is 0. The molecule has 2 fully saturated rings. The van der Waals surface area contributed by atoms with Crippen LogP contribution in [-0.2, 0) is 0 Å². The summed E-state index contributed by atoms with van der Waals surface area (Å²) in [5.41, 5.74) is 5.87. The lowest BCUT2D eigenvalue weighted by Crippen LogP contribution is -2.57. The molecule has 2 rings (SSSR count). The highest BCUT2D eigenvalue weighted by atomic mass is 16.4. The maximum atomic E-state index is 11.0. The van der Waals surface area contributed by atoms with Gasteiger partial charge in [-0.15, -0.1) is 0 Å². The minimum Gasteiger partial charge on any atom is -0.465 e. The van der Waals surface area contributed by atoms with Crippen LogP contribution in [0.3, 0.4) is 0 Å². The lowest BCUT2D eigenvalue weighted by Gasteiger charge is -2.46. The van der Waals surface area contributed by atoms with Gasteiger partial charge in [0, 0.05) is 18.1 Å². The molecule has 4 heteroatoms. The van der Waals surface area contributed by atoms with E-state index in [1.54, 1.807) is 4.90 Å². The molecule has 2 bridgehead atoms. The predicted molar refractivity (Wildman–Crippen MR) is 48.5 cm³/mol. The lowest BCUT2D eigenvalue weighted by molar-refractivity contribution is 0.0360. The van der Waals surface area contributed by atoms with Crippen molar-refractivity contribution in [3.05, 3.63) is 0 Å². The van der Waals surface area contributed by atoms with Crippen molar-refractivity contribution in [1.29, 1.82) is 0 Å². The van der Waals surface area contributed by atoms with Gasteiger partial charge in [0.15, 0.2) is 0 Å². The molecule has 2 aliphatic heterocycles. The molecule has 0 spiro atoms. The summed E-state index contributed by atoms with van der Waals surface area (Å²) in [6.07, 6.45) is 4.09. The fourth-order valence-electron chi connectivity index (χ4n) is 2.74. The summed E-state index contributed by atoms with van der Waals surface area (Å²) in [5, 5.41) is 9.02. The Morgan fingerprint density at radius 3 is 2.31 bits per heavy atom. The number of nitrogens with zero attached hydrogens (tertiary/aromatic N) is 1. The average Bonchev–Trinajstić information content (AvgIpc) is 2.01. The van der Waals surface area contributed by atoms with Gasteiger partial charge in [-0.25, -0.2) is 4.79 Å². The maximum Gasteiger partial charge on any atom is 0.407 e. The van der Waals surface area contributed by atoms with Gasteiger partial charge >= 0.3 is 6.09 Å². The van der Waals surface area contributed by atoms with E-state index in [0.717, 1.165) is 32.1 Å². The van der Waals surface area contributed by atoms with Crippen molar-refractivity contribution < 1.29 is 9.90 Å². The van der Waals surface area contributed by atoms with Crippen molar-refractivity contribution in [3.63, 3.8) is 0 Å². The third-order valence-electron chi connectivity index (χ3n) is 3.23. The minimum atomic E-state index is -0.762. The molecule has 13 heavy (non-hydrogen) atoms. The van der Waals surface area contributed by atoms with Crippen molar-refractivity contribution in [1.82, 2.24) is 4.90 Å². The van der Waals surface area contributed by atoms with Crippen LogP contribution in [0.15, 0.2) is 0 Å². The van der Waals surface area contributed by atoms with Gasteiger partial charge in [-0.05, 0) is 32.1 Å². The highest BCUT2D eigenvalue weighted by molar-refractivity contribution is 5.66. The second kappa shape index (κ2) is 3.18. The number of nitrogens with two attached hydrogens (primary N) is 1. The molecule has 0 aromatic rings. The van der Waals surface area contributed by atoms with E-state index in [-0.39, 0.29) is 18.1 Å². The molecule has 3 atom stereocenters. The first-order chi connectivity index (χ1) is 6.18. The van der Waals surface area contributed by atoms with Crippen molar-refractivity contribution >= 4 is 6.09 Å². The number of hydrogen-bond acceptors (Lipinski definition) is 2. The third-order valence-corrected chi connectivity index (χ3v) is 3.23. The molecule has 3 N–H and O–H groups in total. The molecule has 0 saturated carbocycles. The van der Waals surface area contributed by atoms with Crippen LogP contribution >= 0.6 is 0 Å². The molecule has 1 amide bonds. The van der Waals surface area contributed by atoms with Crippen molar-refractivity contribution in [2.45, 2.75) is 50.2 Å². The predicted octanol–water partition coefficient (Wildman–Crippen LogP) is 1.01. The van der Waals surface area contributed by atoms with E-state index >= 15 is 0 Å². The van der Waals surface area contributed by atoms with E-state index in [9.17, 15) is 4.79 Å². The number of fused-ring (bicyclic) bond motifs is 2. The van der Waals surface area contributed by atoms with E-state index in [0.29, 0.717) is 0 Å². The second-order valence-corrected chi connectivity index (χ2v) is 4.16. The van der Waals surface area contributed by atoms with Crippen LogP contribution in [0, 0.1) is 0 Å². The van der Waals surface area contributed by atoms with E-state index in [4.69, 9.17) is 10.8 Å². The Morgan fingerprint density at radius 2 is 1.85 bits per heavy atom. The van der Waals surface area contributed by atoms with Crippen molar-refractivity contribution in [3.8, 4) is 0 Å². The van der Waals surface area contributed by atoms with E-state index in [2.05, 4.69) is 0 Å². The largest absolute Gasteiger partial charge is 0.465 e. The number of carbonyl (C=O) groups is 1. The Bertz CT molecular complexity index is 206. The number of rotatable bonds is 0. The Morgan fingerprint density at radius 1 is 1.31 bits per heavy atom. The van der Waals surface area contributed by atoms with Crippen molar-refractivity contribution in [2.75, 3.05) is 0 Å². The van der Waals surface area contributed by atoms with Gasteiger partial charge in [-0.1, -0.05) is 0 Å². The quantitative estimate of drug-likeness (QED) is 0.590. The summed E-state index contributed by atoms with van der Waals surface area (Å²) in [5.74, 6) is 0. The Balaban J connectivity index is 2.14. The highest BCUT2D eigenvalue weighted by Crippen LogP contribution is 2.33. The van der Waals surface area contributed by atoms with Crippen LogP contribution in [0.2, 0.25) is 0 Å². The van der Waals surface area contributed by atoms with Gasteiger partial charge in [-0.3, -0.25) is 0 Å². The number of carboxylic acid groups (broad SMARTS) is 1. The van der Waals surface area contributed by atoms with Gasteiger partial charge in [0.1, 0.15) is 0 Å². The molecule has 4 nitrogen and oxygen atoms in total. The molecule has 0 radical (unpaired) electrons. The van der Waals surface area contributed by atoms with Crippen LogP contribution < -0.4 is 5.73 Å². The molecule has 0 aromatic carbocycles. The van der Waals surface area contributed by atoms with Crippen molar-refractivity contribution in [2.24, 2.45) is 5.73 Å². The smallest absolute Gasteiger partial charge is 0.407 e. The number of amides is 1. The van der Waals surface area contributed by atoms with Crippen LogP contribution in [-0.4, -0.2) is 34.2 Å². The normalized spacial score (nSPS) is 38.8. The monoisotopic (exact) mass is 184 g/mol. The standard InChI is InChI=1S/C9H16N2O2/c10-6-4-7-2-1-3-8(5-6)11(7)9(12)13/h6-8H,1-5,10H2,(H,12,13)/t6-,7+,8?/m1/s1. The summed E-state index contributed by atoms with van der Waals surface area (Å²) in [6.45, 7) is 0. The van der Waals surface area contributed by atoms with Crippen LogP contribution in [0.1, 0.15) is 32.1 Å². The first-order valence-electron chi connectivity index (χ1n) is 4.95. The molecule has 0 aliphatic carbocycles. The zero-order valence-electron chi connectivity index (χ0n) is 7.65. The third kappa shape index (κ3) is 1.50. The molecular weight excluding hydrogens is 168 g/mol. The molecule has 0 aromatic heterocycles. The van der Waals surface area contributed by atoms with Gasteiger partial charge in [0.2, 0.25) is 0 Å². The van der Waals surface area contributed by atoms with Gasteiger partial charge in [0.25, 0.3) is 0 Å². The average molecular weight is 184 g/mol. The summed E-state index contributed by atoms with van der Waals surface area (Å²) in [6, 6.07) is 0.603. The summed E-state index contributed by atoms with van der Waals surface area (Å²) in [7, 11) is 0. The maximum absolute atomic E-state index is 11.0. The molecule has 74 valence electrons. The first-order valence-corrected chi connectivity index (χ1v) is 4.95. The highest BCUT2D eigenvalue weighted by Gasteiger charge is 2.39. The molecule has 2 heterocycles. The minimum absolute atomic E-state index is 0.194. The van der Waals surface area contributed by atoms with Crippen LogP contribution in [0.25, 0.3) is 0 Å². The van der Waals surface area contributed by atoms with Crippen LogP contribution in [0.5, 0.6) is 0 Å². The zero-order valence-corrected chi connectivity index (χ0v) is 7.65. The lowest BCUT2D eigenvalue weighted by atomic mass is 9.82. The van der Waals surface area contributed by atoms with E-state index in [1.807, 2.05) is 0 Å². The summed E-state index contributed by atoms with van der Waals surface area (Å²) < 4.78 is 0. The topological polar surface area (TPSA) is 66.6 Å². The fraction of sp³-hybridized carbons (Fsp3) is 0.889. The number of piperidine rings is 2. The Hall–Kier alpha value is -0.770. The first kappa shape index (κ1) is 8.81. The molecule has 2 saturated heterocycles. The van der Waals surface area contributed by atoms with Gasteiger partial charge in [-0.2, -0.15) is 0 Å².